The van der Waals surface area contributed by atoms with Crippen LogP contribution in [0.4, 0.5) is 0 Å². The van der Waals surface area contributed by atoms with Crippen molar-refractivity contribution in [2.45, 2.75) is 0 Å². The lowest BCUT2D eigenvalue weighted by Crippen LogP contribution is -1.95. The Hall–Kier alpha value is -5.58. The number of nitrogens with zero attached hydrogens (tertiary/aromatic N) is 3. The van der Waals surface area contributed by atoms with Crippen molar-refractivity contribution in [3.63, 3.8) is 0 Å². The van der Waals surface area contributed by atoms with Crippen LogP contribution in [0.25, 0.3) is 81.6 Å². The number of para-hydroxylation sites is 1. The van der Waals surface area contributed by atoms with Gasteiger partial charge in [-0.1, -0.05) is 121 Å². The molecule has 0 N–H and O–H groups in total. The van der Waals surface area contributed by atoms with Gasteiger partial charge in [0.05, 0.1) is 26.9 Å². The Morgan fingerprint density at radius 3 is 1.80 bits per heavy atom. The molecule has 3 heterocycles. The van der Waals surface area contributed by atoms with Crippen molar-refractivity contribution in [1.29, 1.82) is 0 Å². The van der Waals surface area contributed by atoms with E-state index in [1.165, 1.54) is 21.2 Å². The second-order valence-corrected chi connectivity index (χ2v) is 12.0. The van der Waals surface area contributed by atoms with Crippen LogP contribution in [-0.2, 0) is 0 Å². The molecule has 0 saturated carbocycles. The maximum absolute atomic E-state index is 5.37. The molecule has 0 amide bonds. The quantitative estimate of drug-likeness (QED) is 0.208. The SMILES string of the molecule is c1ccc(-c2nc(-c3cccc4c3c3c(-c5ccccc5)cccc3n4-c3ccccc3)nc3c2sc2ccccc23)cc1. The van der Waals surface area contributed by atoms with Gasteiger partial charge in [0.1, 0.15) is 0 Å². The molecule has 0 spiro atoms. The molecule has 0 radical (unpaired) electrons. The van der Waals surface area contributed by atoms with E-state index in [-0.39, 0.29) is 0 Å². The summed E-state index contributed by atoms with van der Waals surface area (Å²) in [6.07, 6.45) is 0. The zero-order valence-electron chi connectivity index (χ0n) is 23.7. The standard InChI is InChI=1S/C40H25N3S/c1-4-14-26(15-5-1)29-21-12-23-32-35(29)36-31(22-13-24-33(36)43(32)28-18-8-3-9-19-28)40-41-37(27-16-6-2-7-17-27)39-38(42-40)30-20-10-11-25-34(30)44-39/h1-25H. The Bertz CT molecular complexity index is 2480. The first-order valence-corrected chi connectivity index (χ1v) is 15.6. The van der Waals surface area contributed by atoms with E-state index in [1.54, 1.807) is 11.3 Å². The fourth-order valence-corrected chi connectivity index (χ4v) is 7.66. The summed E-state index contributed by atoms with van der Waals surface area (Å²) in [5.41, 5.74) is 9.89. The highest BCUT2D eigenvalue weighted by atomic mass is 32.1. The summed E-state index contributed by atoms with van der Waals surface area (Å²) in [5.74, 6) is 0.737. The van der Waals surface area contributed by atoms with E-state index < -0.39 is 0 Å². The molecule has 3 aromatic heterocycles. The number of thiophene rings is 1. The summed E-state index contributed by atoms with van der Waals surface area (Å²) >= 11 is 1.77. The van der Waals surface area contributed by atoms with Gasteiger partial charge in [0.15, 0.2) is 5.82 Å². The van der Waals surface area contributed by atoms with Crippen molar-refractivity contribution in [2.24, 2.45) is 0 Å². The van der Waals surface area contributed by atoms with Gasteiger partial charge in [-0.05, 0) is 41.5 Å². The third-order valence-corrected chi connectivity index (χ3v) is 9.59. The average Bonchev–Trinajstić information content (AvgIpc) is 3.65. The summed E-state index contributed by atoms with van der Waals surface area (Å²) in [7, 11) is 0. The third-order valence-electron chi connectivity index (χ3n) is 8.42. The summed E-state index contributed by atoms with van der Waals surface area (Å²) in [4.78, 5) is 10.7. The Kier molecular flexibility index (Phi) is 5.68. The van der Waals surface area contributed by atoms with Crippen molar-refractivity contribution in [1.82, 2.24) is 14.5 Å². The molecule has 0 aliphatic carbocycles. The maximum Gasteiger partial charge on any atom is 0.161 e. The van der Waals surface area contributed by atoms with Crippen LogP contribution in [0.2, 0.25) is 0 Å². The van der Waals surface area contributed by atoms with Crippen LogP contribution in [0.3, 0.4) is 0 Å². The van der Waals surface area contributed by atoms with Gasteiger partial charge in [-0.25, -0.2) is 9.97 Å². The molecule has 3 nitrogen and oxygen atoms in total. The minimum Gasteiger partial charge on any atom is -0.309 e. The molecule has 0 aliphatic heterocycles. The van der Waals surface area contributed by atoms with Crippen molar-refractivity contribution >= 4 is 53.4 Å². The normalized spacial score (nSPS) is 11.6. The van der Waals surface area contributed by atoms with Crippen molar-refractivity contribution in [2.75, 3.05) is 0 Å². The molecular formula is C40H25N3S. The van der Waals surface area contributed by atoms with E-state index in [9.17, 15) is 0 Å². The monoisotopic (exact) mass is 579 g/mol. The highest BCUT2D eigenvalue weighted by molar-refractivity contribution is 7.26. The first-order valence-electron chi connectivity index (χ1n) is 14.8. The molecule has 44 heavy (non-hydrogen) atoms. The van der Waals surface area contributed by atoms with E-state index in [2.05, 4.69) is 156 Å². The number of rotatable bonds is 4. The first kappa shape index (κ1) is 25.0. The van der Waals surface area contributed by atoms with Crippen LogP contribution < -0.4 is 0 Å². The fourth-order valence-electron chi connectivity index (χ4n) is 6.51. The van der Waals surface area contributed by atoms with Crippen LogP contribution >= 0.6 is 11.3 Å². The highest BCUT2D eigenvalue weighted by Crippen LogP contribution is 2.44. The molecule has 4 heteroatoms. The lowest BCUT2D eigenvalue weighted by Gasteiger charge is -2.10. The lowest BCUT2D eigenvalue weighted by molar-refractivity contribution is 1.18. The second-order valence-electron chi connectivity index (χ2n) is 11.0. The van der Waals surface area contributed by atoms with Gasteiger partial charge in [-0.3, -0.25) is 0 Å². The van der Waals surface area contributed by atoms with Crippen molar-refractivity contribution in [3.8, 4) is 39.5 Å². The zero-order valence-corrected chi connectivity index (χ0v) is 24.5. The molecule has 0 fully saturated rings. The number of aromatic nitrogens is 3. The van der Waals surface area contributed by atoms with Gasteiger partial charge in [0.25, 0.3) is 0 Å². The maximum atomic E-state index is 5.37. The number of hydrogen-bond acceptors (Lipinski definition) is 3. The van der Waals surface area contributed by atoms with Crippen LogP contribution in [0.5, 0.6) is 0 Å². The van der Waals surface area contributed by atoms with E-state index >= 15 is 0 Å². The van der Waals surface area contributed by atoms with Gasteiger partial charge >= 0.3 is 0 Å². The number of benzene rings is 6. The van der Waals surface area contributed by atoms with Gasteiger partial charge in [0.2, 0.25) is 0 Å². The van der Waals surface area contributed by atoms with E-state index in [4.69, 9.17) is 9.97 Å². The van der Waals surface area contributed by atoms with Gasteiger partial charge in [-0.2, -0.15) is 0 Å². The molecule has 9 aromatic rings. The largest absolute Gasteiger partial charge is 0.309 e. The van der Waals surface area contributed by atoms with Crippen molar-refractivity contribution < 1.29 is 0 Å². The van der Waals surface area contributed by atoms with Crippen LogP contribution in [0, 0.1) is 0 Å². The molecule has 0 atom stereocenters. The molecule has 6 aromatic carbocycles. The summed E-state index contributed by atoms with van der Waals surface area (Å²) in [5, 5.41) is 3.52. The van der Waals surface area contributed by atoms with Crippen molar-refractivity contribution in [3.05, 3.63) is 152 Å². The molecular weight excluding hydrogens is 555 g/mol. The molecule has 0 bridgehead atoms. The van der Waals surface area contributed by atoms with Gasteiger partial charge in [-0.15, -0.1) is 11.3 Å². The molecule has 0 saturated heterocycles. The number of hydrogen-bond donors (Lipinski definition) is 0. The fraction of sp³-hybridized carbons (Fsp3) is 0. The van der Waals surface area contributed by atoms with Crippen LogP contribution in [0.1, 0.15) is 0 Å². The number of fused-ring (bicyclic) bond motifs is 6. The molecule has 206 valence electrons. The Morgan fingerprint density at radius 1 is 0.477 bits per heavy atom. The lowest BCUT2D eigenvalue weighted by atomic mass is 9.97. The van der Waals surface area contributed by atoms with Gasteiger partial charge < -0.3 is 4.57 Å². The molecule has 0 unspecified atom stereocenters. The van der Waals surface area contributed by atoms with Gasteiger partial charge in [0, 0.05) is 37.7 Å². The van der Waals surface area contributed by atoms with E-state index in [1.807, 2.05) is 0 Å². The van der Waals surface area contributed by atoms with E-state index in [0.717, 1.165) is 60.4 Å². The Balaban J connectivity index is 1.44. The third kappa shape index (κ3) is 3.82. The predicted octanol–water partition coefficient (Wildman–Crippen LogP) is 10.9. The highest BCUT2D eigenvalue weighted by Gasteiger charge is 2.22. The molecule has 0 aliphatic rings. The zero-order chi connectivity index (χ0) is 29.0. The minimum absolute atomic E-state index is 0.737. The summed E-state index contributed by atoms with van der Waals surface area (Å²) < 4.78 is 4.71. The summed E-state index contributed by atoms with van der Waals surface area (Å²) in [6, 6.07) is 53.5. The van der Waals surface area contributed by atoms with Crippen LogP contribution in [-0.4, -0.2) is 14.5 Å². The average molecular weight is 580 g/mol. The second kappa shape index (κ2) is 10.0. The molecule has 9 rings (SSSR count). The first-order chi connectivity index (χ1) is 21.8. The van der Waals surface area contributed by atoms with Crippen LogP contribution in [0.15, 0.2) is 152 Å². The smallest absolute Gasteiger partial charge is 0.161 e. The summed E-state index contributed by atoms with van der Waals surface area (Å²) in [6.45, 7) is 0. The Labute approximate surface area is 258 Å². The van der Waals surface area contributed by atoms with E-state index in [0.29, 0.717) is 0 Å². The minimum atomic E-state index is 0.737. The Morgan fingerprint density at radius 2 is 1.07 bits per heavy atom. The predicted molar refractivity (Wildman–Crippen MR) is 186 cm³/mol. The topological polar surface area (TPSA) is 30.7 Å².